The van der Waals surface area contributed by atoms with E-state index in [2.05, 4.69) is 137 Å². The number of para-hydroxylation sites is 3. The number of ether oxygens (including phenoxy) is 1. The van der Waals surface area contributed by atoms with E-state index in [4.69, 9.17) is 14.7 Å². The zero-order valence-corrected chi connectivity index (χ0v) is 25.1. The van der Waals surface area contributed by atoms with Crippen molar-refractivity contribution in [1.29, 1.82) is 0 Å². The number of nitrogens with zero attached hydrogens (tertiary/aromatic N) is 4. The maximum Gasteiger partial charge on any atom is 0.238 e. The van der Waals surface area contributed by atoms with Crippen molar-refractivity contribution in [3.05, 3.63) is 146 Å². The molecule has 0 unspecified atom stereocenters. The van der Waals surface area contributed by atoms with Crippen molar-refractivity contribution < 1.29 is 4.74 Å². The van der Waals surface area contributed by atoms with Gasteiger partial charge in [0.1, 0.15) is 5.75 Å². The number of fused-ring (bicyclic) bond motifs is 12. The zero-order valence-electron chi connectivity index (χ0n) is 25.1. The van der Waals surface area contributed by atoms with Crippen molar-refractivity contribution in [3.63, 3.8) is 0 Å². The molecule has 0 aliphatic carbocycles. The molecule has 0 spiro atoms. The Bertz CT molecular complexity index is 2930. The molecule has 218 valence electrons. The molecule has 0 saturated heterocycles. The van der Waals surface area contributed by atoms with Gasteiger partial charge in [0, 0.05) is 44.4 Å². The maximum atomic E-state index is 6.54. The second-order valence-corrected chi connectivity index (χ2v) is 12.2. The van der Waals surface area contributed by atoms with Crippen LogP contribution in [0.15, 0.2) is 146 Å². The molecule has 0 radical (unpaired) electrons. The van der Waals surface area contributed by atoms with Crippen LogP contribution in [-0.2, 0) is 0 Å². The highest BCUT2D eigenvalue weighted by Gasteiger charge is 2.27. The lowest BCUT2D eigenvalue weighted by Crippen LogP contribution is -2.06. The Hall–Kier alpha value is -6.46. The molecule has 1 aliphatic heterocycles. The molecular weight excluding hydrogens is 576 g/mol. The first-order valence-corrected chi connectivity index (χ1v) is 15.8. The molecule has 11 rings (SSSR count). The summed E-state index contributed by atoms with van der Waals surface area (Å²) in [7, 11) is 0. The van der Waals surface area contributed by atoms with E-state index < -0.39 is 0 Å². The lowest BCUT2D eigenvalue weighted by atomic mass is 9.97. The van der Waals surface area contributed by atoms with Crippen LogP contribution in [0.4, 0.5) is 0 Å². The van der Waals surface area contributed by atoms with Crippen LogP contribution in [0.2, 0.25) is 0 Å². The Morgan fingerprint density at radius 3 is 1.79 bits per heavy atom. The van der Waals surface area contributed by atoms with E-state index in [9.17, 15) is 0 Å². The molecule has 0 atom stereocenters. The lowest BCUT2D eigenvalue weighted by molar-refractivity contribution is 0.465. The molecule has 5 heteroatoms. The first-order valence-electron chi connectivity index (χ1n) is 15.8. The summed E-state index contributed by atoms with van der Waals surface area (Å²) in [4.78, 5) is 10.3. The molecule has 0 N–H and O–H groups in total. The van der Waals surface area contributed by atoms with Crippen molar-refractivity contribution in [2.45, 2.75) is 0 Å². The fraction of sp³-hybridized carbons (Fsp3) is 0. The van der Waals surface area contributed by atoms with Gasteiger partial charge in [0.05, 0.1) is 27.6 Å². The molecule has 1 aliphatic rings. The first kappa shape index (κ1) is 24.8. The van der Waals surface area contributed by atoms with E-state index >= 15 is 0 Å². The fourth-order valence-electron chi connectivity index (χ4n) is 7.89. The van der Waals surface area contributed by atoms with Gasteiger partial charge in [-0.25, -0.2) is 4.98 Å². The predicted octanol–water partition coefficient (Wildman–Crippen LogP) is 10.7. The van der Waals surface area contributed by atoms with Crippen molar-refractivity contribution in [3.8, 4) is 34.4 Å². The van der Waals surface area contributed by atoms with Crippen molar-refractivity contribution >= 4 is 65.2 Å². The highest BCUT2D eigenvalue weighted by atomic mass is 16.5. The summed E-state index contributed by atoms with van der Waals surface area (Å²) in [6, 6.07) is 49.2. The van der Waals surface area contributed by atoms with Crippen LogP contribution in [0.25, 0.3) is 87.9 Å². The average Bonchev–Trinajstić information content (AvgIpc) is 3.66. The van der Waals surface area contributed by atoms with E-state index in [1.807, 2.05) is 18.3 Å². The van der Waals surface area contributed by atoms with Crippen molar-refractivity contribution in [1.82, 2.24) is 19.1 Å². The predicted molar refractivity (Wildman–Crippen MR) is 191 cm³/mol. The van der Waals surface area contributed by atoms with Crippen LogP contribution in [0.5, 0.6) is 11.6 Å². The Balaban J connectivity index is 1.34. The highest BCUT2D eigenvalue weighted by molar-refractivity contribution is 6.36. The smallest absolute Gasteiger partial charge is 0.238 e. The first-order chi connectivity index (χ1) is 23.3. The molecule has 10 aromatic rings. The summed E-state index contributed by atoms with van der Waals surface area (Å²) in [6.07, 6.45) is 1.92. The molecule has 4 heterocycles. The molecule has 47 heavy (non-hydrogen) atoms. The molecule has 7 aromatic carbocycles. The Morgan fingerprint density at radius 1 is 0.468 bits per heavy atom. The summed E-state index contributed by atoms with van der Waals surface area (Å²) >= 11 is 0. The molecule has 0 fully saturated rings. The third kappa shape index (κ3) is 3.22. The van der Waals surface area contributed by atoms with Crippen molar-refractivity contribution in [2.75, 3.05) is 0 Å². The molecule has 3 aromatic heterocycles. The number of aromatic nitrogens is 4. The zero-order chi connectivity index (χ0) is 30.6. The van der Waals surface area contributed by atoms with Crippen molar-refractivity contribution in [2.24, 2.45) is 0 Å². The summed E-state index contributed by atoms with van der Waals surface area (Å²) < 4.78 is 11.2. The minimum absolute atomic E-state index is 0.563. The summed E-state index contributed by atoms with van der Waals surface area (Å²) in [5.41, 5.74) is 7.48. The second kappa shape index (κ2) is 9.05. The van der Waals surface area contributed by atoms with E-state index in [0.29, 0.717) is 11.8 Å². The van der Waals surface area contributed by atoms with E-state index in [0.717, 1.165) is 60.8 Å². The standard InChI is InChI=1S/C42H24N4O/c1-2-14-26(15-3-1)45-33-21-8-6-18-30(33)37-27-16-4-5-17-28(27)38-31-19-7-9-22-34(31)46(40(38)39(37)45)42-43-24-32-29-20-10-12-25-13-11-23-35(36(25)29)47-41(32)44-42/h1-24H. The molecule has 0 saturated carbocycles. The minimum Gasteiger partial charge on any atom is -0.438 e. The SMILES string of the molecule is c1ccc(-n2c3ccccc3c3c4ccccc4c4c5ccccc5n(-c5ncc6c(n5)Oc5cccc7cccc-6c57)c4c32)cc1. The third-order valence-corrected chi connectivity index (χ3v) is 9.76. The minimum atomic E-state index is 0.563. The Kier molecular flexibility index (Phi) is 4.78. The van der Waals surface area contributed by atoms with Gasteiger partial charge in [0.2, 0.25) is 11.8 Å². The number of rotatable bonds is 2. The van der Waals surface area contributed by atoms with Crippen LogP contribution in [0, 0.1) is 0 Å². The van der Waals surface area contributed by atoms with Gasteiger partial charge >= 0.3 is 0 Å². The second-order valence-electron chi connectivity index (χ2n) is 12.2. The fourth-order valence-corrected chi connectivity index (χ4v) is 7.89. The lowest BCUT2D eigenvalue weighted by Gasteiger charge is -2.20. The normalized spacial score (nSPS) is 12.4. The van der Waals surface area contributed by atoms with Gasteiger partial charge in [-0.05, 0) is 46.5 Å². The maximum absolute atomic E-state index is 6.54. The van der Waals surface area contributed by atoms with Gasteiger partial charge in [-0.15, -0.1) is 0 Å². The highest BCUT2D eigenvalue weighted by Crippen LogP contribution is 2.48. The topological polar surface area (TPSA) is 44.9 Å². The van der Waals surface area contributed by atoms with Crippen LogP contribution in [0.1, 0.15) is 0 Å². The van der Waals surface area contributed by atoms with E-state index in [1.54, 1.807) is 0 Å². The molecule has 0 bridgehead atoms. The molecule has 5 nitrogen and oxygen atoms in total. The summed E-state index contributed by atoms with van der Waals surface area (Å²) in [5, 5.41) is 9.42. The van der Waals surface area contributed by atoms with Gasteiger partial charge in [-0.2, -0.15) is 4.98 Å². The number of hydrogen-bond donors (Lipinski definition) is 0. The Morgan fingerprint density at radius 2 is 1.06 bits per heavy atom. The molecular formula is C42H24N4O. The van der Waals surface area contributed by atoms with Crippen LogP contribution < -0.4 is 4.74 Å². The third-order valence-electron chi connectivity index (χ3n) is 9.76. The quantitative estimate of drug-likeness (QED) is 0.198. The number of hydrogen-bond acceptors (Lipinski definition) is 3. The summed E-state index contributed by atoms with van der Waals surface area (Å²) in [6.45, 7) is 0. The van der Waals surface area contributed by atoms with Gasteiger partial charge < -0.3 is 9.30 Å². The van der Waals surface area contributed by atoms with Crippen LogP contribution in [0.3, 0.4) is 0 Å². The molecule has 0 amide bonds. The van der Waals surface area contributed by atoms with Crippen LogP contribution >= 0.6 is 0 Å². The largest absolute Gasteiger partial charge is 0.438 e. The van der Waals surface area contributed by atoms with Gasteiger partial charge in [-0.3, -0.25) is 4.57 Å². The number of benzene rings is 7. The summed E-state index contributed by atoms with van der Waals surface area (Å²) in [5.74, 6) is 1.95. The van der Waals surface area contributed by atoms with E-state index in [-0.39, 0.29) is 0 Å². The van der Waals surface area contributed by atoms with E-state index in [1.165, 1.54) is 26.9 Å². The van der Waals surface area contributed by atoms with Gasteiger partial charge in [0.15, 0.2) is 0 Å². The van der Waals surface area contributed by atoms with Crippen LogP contribution in [-0.4, -0.2) is 19.1 Å². The van der Waals surface area contributed by atoms with Gasteiger partial charge in [-0.1, -0.05) is 109 Å². The van der Waals surface area contributed by atoms with Gasteiger partial charge in [0.25, 0.3) is 0 Å². The monoisotopic (exact) mass is 600 g/mol. The average molecular weight is 601 g/mol. The Labute approximate surface area is 268 Å².